The first kappa shape index (κ1) is 61.7. The molecule has 0 aliphatic carbocycles. The van der Waals surface area contributed by atoms with Gasteiger partial charge in [0.2, 0.25) is 11.9 Å². The summed E-state index contributed by atoms with van der Waals surface area (Å²) in [7, 11) is 1.75. The molecule has 0 radical (unpaired) electrons. The number of hydrogen-bond acceptors (Lipinski definition) is 7. The molecule has 0 aromatic carbocycles. The van der Waals surface area contributed by atoms with Gasteiger partial charge in [0, 0.05) is 88.6 Å². The number of piperidine rings is 4. The topological polar surface area (TPSA) is 133 Å². The molecule has 0 unspecified atom stereocenters. The molecule has 0 spiro atoms. The van der Waals surface area contributed by atoms with Crippen molar-refractivity contribution < 1.29 is 0 Å². The minimum absolute atomic E-state index is 0.0179. The fourth-order valence-electron chi connectivity index (χ4n) is 14.9. The third-order valence-electron chi connectivity index (χ3n) is 16.2. The van der Waals surface area contributed by atoms with Gasteiger partial charge in [-0.3, -0.25) is 4.99 Å². The largest absolute Gasteiger partial charge is 0.368 e. The molecule has 0 bridgehead atoms. The van der Waals surface area contributed by atoms with Crippen LogP contribution in [-0.4, -0.2) is 141 Å². The summed E-state index contributed by atoms with van der Waals surface area (Å²) in [6.07, 6.45) is 23.9. The number of hydrogen-bond donors (Lipinski definition) is 6. The number of guanidine groups is 2. The van der Waals surface area contributed by atoms with Crippen molar-refractivity contribution >= 4 is 17.8 Å². The smallest absolute Gasteiger partial charge is 0.230 e. The molecule has 12 heteroatoms. The quantitative estimate of drug-likeness (QED) is 0.0336. The van der Waals surface area contributed by atoms with E-state index in [9.17, 15) is 0 Å². The molecule has 0 amide bonds. The van der Waals surface area contributed by atoms with E-state index < -0.39 is 0 Å². The van der Waals surface area contributed by atoms with Gasteiger partial charge in [-0.1, -0.05) is 58.3 Å². The molecule has 0 aromatic rings. The van der Waals surface area contributed by atoms with E-state index in [1.165, 1.54) is 96.4 Å². The third kappa shape index (κ3) is 21.7. The van der Waals surface area contributed by atoms with Crippen LogP contribution in [0.15, 0.2) is 15.0 Å². The molecule has 12 nitrogen and oxygen atoms in total. The van der Waals surface area contributed by atoms with E-state index in [1.807, 2.05) is 0 Å². The summed E-state index contributed by atoms with van der Waals surface area (Å²) in [6, 6.07) is 1.88. The van der Waals surface area contributed by atoms with Crippen molar-refractivity contribution in [1.82, 2.24) is 41.3 Å². The maximum Gasteiger partial charge on any atom is 0.230 e. The highest BCUT2D eigenvalue weighted by Gasteiger charge is 2.44. The molecule has 4 fully saturated rings. The number of nitrogens with zero attached hydrogens (tertiary/aromatic N) is 6. The molecular formula is C59H118N12. The van der Waals surface area contributed by atoms with Gasteiger partial charge in [0.15, 0.2) is 0 Å². The standard InChI is InChI=1S/C59H118N12/c1-20-69(47-39-54(7,8)66-55(9,10)40-47)34-30-26-23-24-28-32-36-71(49-43-58(15,16)68-59(17,18)44-49)51(64-50(60)61-19)63-45(2)70(48-41-56(11,12)67-57(13,14)42-48)35-31-27-22-21-25-29-33-62-46-37-52(3,4)65-53(5,6)38-46/h46-49,62,65-68H,20-44H2,1-19H3,(H2,60,61). The van der Waals surface area contributed by atoms with Gasteiger partial charge in [-0.05, 0) is 214 Å². The summed E-state index contributed by atoms with van der Waals surface area (Å²) in [5, 5.41) is 19.5. The van der Waals surface area contributed by atoms with Crippen LogP contribution in [0.3, 0.4) is 0 Å². The SMILES string of the molecule is CCN(CCCCCCCCN(C(N=C(C)N(CCCCCCCCNC1CC(C)(C)NC(C)(C)C1)C1CC(C)(C)NC(C)(C)C1)=NC(N)=NC)C1CC(C)(C)NC(C)(C)C1)C1CC(C)(C)NC(C)(C)C1. The molecule has 0 aromatic heterocycles. The monoisotopic (exact) mass is 995 g/mol. The summed E-state index contributed by atoms with van der Waals surface area (Å²) in [5.41, 5.74) is 7.29. The maximum absolute atomic E-state index is 6.58. The van der Waals surface area contributed by atoms with E-state index >= 15 is 0 Å². The molecule has 4 heterocycles. The molecule has 0 saturated carbocycles. The van der Waals surface area contributed by atoms with E-state index in [1.54, 1.807) is 7.05 Å². The summed E-state index contributed by atoms with van der Waals surface area (Å²) < 4.78 is 0. The number of nitrogens with two attached hydrogens (primary N) is 1. The Balaban J connectivity index is 1.44. The van der Waals surface area contributed by atoms with Crippen LogP contribution < -0.4 is 32.3 Å². The maximum atomic E-state index is 6.58. The Kier molecular flexibility index (Phi) is 22.4. The van der Waals surface area contributed by atoms with Crippen LogP contribution in [-0.2, 0) is 0 Å². The lowest BCUT2D eigenvalue weighted by Gasteiger charge is -2.50. The van der Waals surface area contributed by atoms with Gasteiger partial charge < -0.3 is 47.0 Å². The summed E-state index contributed by atoms with van der Waals surface area (Å²) in [5.74, 6) is 2.08. The lowest BCUT2D eigenvalue weighted by atomic mass is 9.79. The number of aliphatic imine (C=N–C) groups is 3. The zero-order valence-corrected chi connectivity index (χ0v) is 50.2. The van der Waals surface area contributed by atoms with Gasteiger partial charge in [0.05, 0.1) is 0 Å². The Morgan fingerprint density at radius 3 is 1.21 bits per heavy atom. The number of rotatable bonds is 23. The normalized spacial score (nSPS) is 24.9. The Labute approximate surface area is 439 Å². The average molecular weight is 996 g/mol. The predicted octanol–water partition coefficient (Wildman–Crippen LogP) is 11.1. The first-order chi connectivity index (χ1) is 32.7. The fourth-order valence-corrected chi connectivity index (χ4v) is 14.9. The molecule has 4 aliphatic rings. The van der Waals surface area contributed by atoms with Gasteiger partial charge in [0.1, 0.15) is 5.84 Å². The van der Waals surface area contributed by atoms with Crippen LogP contribution in [0.25, 0.3) is 0 Å². The van der Waals surface area contributed by atoms with Crippen LogP contribution >= 0.6 is 0 Å². The van der Waals surface area contributed by atoms with Crippen LogP contribution in [0.4, 0.5) is 0 Å². The molecular weight excluding hydrogens is 877 g/mol. The number of nitrogens with one attached hydrogen (secondary N) is 5. The Morgan fingerprint density at radius 2 is 0.803 bits per heavy atom. The van der Waals surface area contributed by atoms with E-state index in [0.717, 1.165) is 76.5 Å². The zero-order valence-electron chi connectivity index (χ0n) is 50.2. The Bertz CT molecular complexity index is 1640. The summed E-state index contributed by atoms with van der Waals surface area (Å²) in [6.45, 7) is 47.8. The van der Waals surface area contributed by atoms with Crippen molar-refractivity contribution in [3.63, 3.8) is 0 Å². The average Bonchev–Trinajstić information content (AvgIpc) is 3.17. The summed E-state index contributed by atoms with van der Waals surface area (Å²) >= 11 is 0. The first-order valence-corrected chi connectivity index (χ1v) is 29.3. The van der Waals surface area contributed by atoms with Crippen LogP contribution in [0.2, 0.25) is 0 Å². The van der Waals surface area contributed by atoms with Crippen molar-refractivity contribution in [2.45, 2.75) is 322 Å². The number of unbranched alkanes of at least 4 members (excludes halogenated alkanes) is 10. The van der Waals surface area contributed by atoms with E-state index in [4.69, 9.17) is 15.7 Å². The van der Waals surface area contributed by atoms with E-state index in [0.29, 0.717) is 24.1 Å². The molecule has 4 aliphatic heterocycles. The first-order valence-electron chi connectivity index (χ1n) is 29.3. The van der Waals surface area contributed by atoms with Crippen LogP contribution in [0, 0.1) is 0 Å². The molecule has 71 heavy (non-hydrogen) atoms. The van der Waals surface area contributed by atoms with Gasteiger partial charge in [-0.2, -0.15) is 4.99 Å². The fraction of sp³-hybridized carbons (Fsp3) is 0.949. The van der Waals surface area contributed by atoms with Crippen molar-refractivity contribution in [2.24, 2.45) is 20.7 Å². The van der Waals surface area contributed by atoms with Gasteiger partial charge in [0.25, 0.3) is 0 Å². The van der Waals surface area contributed by atoms with Crippen LogP contribution in [0.1, 0.15) is 253 Å². The van der Waals surface area contributed by atoms with E-state index in [-0.39, 0.29) is 50.4 Å². The van der Waals surface area contributed by atoms with Crippen molar-refractivity contribution in [1.29, 1.82) is 0 Å². The Hall–Kier alpha value is -1.83. The number of amidine groups is 1. The van der Waals surface area contributed by atoms with Crippen molar-refractivity contribution in [3.05, 3.63) is 0 Å². The minimum atomic E-state index is -0.0265. The second-order valence-corrected chi connectivity index (χ2v) is 28.7. The second-order valence-electron chi connectivity index (χ2n) is 28.7. The van der Waals surface area contributed by atoms with Gasteiger partial charge >= 0.3 is 0 Å². The lowest BCUT2D eigenvalue weighted by molar-refractivity contribution is 0.0681. The van der Waals surface area contributed by atoms with Crippen molar-refractivity contribution in [3.8, 4) is 0 Å². The zero-order chi connectivity index (χ0) is 53.1. The highest BCUT2D eigenvalue weighted by molar-refractivity contribution is 6.00. The lowest BCUT2D eigenvalue weighted by Crippen LogP contribution is -2.63. The van der Waals surface area contributed by atoms with Crippen molar-refractivity contribution in [2.75, 3.05) is 39.8 Å². The third-order valence-corrected chi connectivity index (χ3v) is 16.2. The molecule has 0 atom stereocenters. The van der Waals surface area contributed by atoms with Crippen LogP contribution in [0.5, 0.6) is 0 Å². The molecule has 4 saturated heterocycles. The second kappa shape index (κ2) is 25.8. The van der Waals surface area contributed by atoms with Gasteiger partial charge in [-0.15, -0.1) is 0 Å². The molecule has 4 rings (SSSR count). The minimum Gasteiger partial charge on any atom is -0.368 e. The Morgan fingerprint density at radius 1 is 0.465 bits per heavy atom. The molecule has 414 valence electrons. The van der Waals surface area contributed by atoms with Gasteiger partial charge in [-0.25, -0.2) is 4.99 Å². The predicted molar refractivity (Wildman–Crippen MR) is 309 cm³/mol. The highest BCUT2D eigenvalue weighted by Crippen LogP contribution is 2.36. The van der Waals surface area contributed by atoms with E-state index in [2.05, 4.69) is 171 Å². The molecule has 7 N–H and O–H groups in total. The highest BCUT2D eigenvalue weighted by atomic mass is 15.3. The summed E-state index contributed by atoms with van der Waals surface area (Å²) in [4.78, 5) is 23.1.